The molecule has 0 radical (unpaired) electrons. The van der Waals surface area contributed by atoms with Gasteiger partial charge in [-0.3, -0.25) is 9.48 Å². The number of amides is 1. The lowest BCUT2D eigenvalue weighted by Crippen LogP contribution is -2.31. The zero-order valence-electron chi connectivity index (χ0n) is 14.2. The first-order chi connectivity index (χ1) is 12.2. The zero-order valence-corrected chi connectivity index (χ0v) is 14.2. The Morgan fingerprint density at radius 3 is 2.88 bits per heavy atom. The highest BCUT2D eigenvalue weighted by molar-refractivity contribution is 5.95. The van der Waals surface area contributed by atoms with E-state index in [9.17, 15) is 4.79 Å². The fourth-order valence-corrected chi connectivity index (χ4v) is 3.22. The number of aryl methyl sites for hydroxylation is 2. The van der Waals surface area contributed by atoms with Crippen LogP contribution in [0.5, 0.6) is 0 Å². The van der Waals surface area contributed by atoms with Crippen LogP contribution in [-0.4, -0.2) is 42.1 Å². The monoisotopic (exact) mass is 336 g/mol. The summed E-state index contributed by atoms with van der Waals surface area (Å²) in [6, 6.07) is 9.61. The molecule has 0 N–H and O–H groups in total. The van der Waals surface area contributed by atoms with Crippen LogP contribution in [0.1, 0.15) is 33.7 Å². The highest BCUT2D eigenvalue weighted by Crippen LogP contribution is 2.19. The van der Waals surface area contributed by atoms with Gasteiger partial charge in [-0.1, -0.05) is 23.4 Å². The van der Waals surface area contributed by atoms with E-state index in [1.165, 1.54) is 0 Å². The summed E-state index contributed by atoms with van der Waals surface area (Å²) < 4.78 is 3.74. The molecule has 1 aliphatic rings. The number of aromatic nitrogens is 5. The first-order valence-electron chi connectivity index (χ1n) is 8.46. The number of benzene rings is 1. The summed E-state index contributed by atoms with van der Waals surface area (Å²) in [5.41, 5.74) is 3.63. The van der Waals surface area contributed by atoms with Crippen LogP contribution in [0.4, 0.5) is 0 Å². The molecule has 7 nitrogen and oxygen atoms in total. The summed E-state index contributed by atoms with van der Waals surface area (Å²) in [5.74, 6) is 0.0674. The van der Waals surface area contributed by atoms with E-state index in [4.69, 9.17) is 0 Å². The van der Waals surface area contributed by atoms with Crippen molar-refractivity contribution in [3.8, 4) is 0 Å². The van der Waals surface area contributed by atoms with Crippen molar-refractivity contribution in [1.82, 2.24) is 29.7 Å². The summed E-state index contributed by atoms with van der Waals surface area (Å²) >= 11 is 0. The van der Waals surface area contributed by atoms with Crippen LogP contribution in [0.15, 0.2) is 42.7 Å². The Morgan fingerprint density at radius 2 is 2.08 bits per heavy atom. The second-order valence-electron chi connectivity index (χ2n) is 6.30. The van der Waals surface area contributed by atoms with E-state index in [0.29, 0.717) is 13.1 Å². The molecule has 0 aliphatic carbocycles. The number of carbonyl (C=O) groups excluding carboxylic acids is 1. The molecule has 4 rings (SSSR count). The van der Waals surface area contributed by atoms with Gasteiger partial charge in [0.1, 0.15) is 5.69 Å². The van der Waals surface area contributed by atoms with Gasteiger partial charge in [-0.2, -0.15) is 5.10 Å². The minimum Gasteiger partial charge on any atom is -0.333 e. The first-order valence-corrected chi connectivity index (χ1v) is 8.46. The largest absolute Gasteiger partial charge is 0.333 e. The molecule has 1 amide bonds. The van der Waals surface area contributed by atoms with Crippen LogP contribution in [0, 0.1) is 6.92 Å². The molecule has 3 aromatic rings. The van der Waals surface area contributed by atoms with E-state index in [-0.39, 0.29) is 5.91 Å². The molecule has 0 atom stereocenters. The first kappa shape index (κ1) is 15.6. The Bertz CT molecular complexity index is 883. The number of hydrogen-bond donors (Lipinski definition) is 0. The highest BCUT2D eigenvalue weighted by Gasteiger charge is 2.24. The summed E-state index contributed by atoms with van der Waals surface area (Å²) in [4.78, 5) is 14.9. The minimum absolute atomic E-state index is 0.0674. The number of nitrogens with zero attached hydrogens (tertiary/aromatic N) is 6. The molecule has 3 heterocycles. The lowest BCUT2D eigenvalue weighted by molar-refractivity contribution is 0.0744. The average molecular weight is 336 g/mol. The molecule has 25 heavy (non-hydrogen) atoms. The Labute approximate surface area is 145 Å². The van der Waals surface area contributed by atoms with Gasteiger partial charge < -0.3 is 4.90 Å². The molecule has 1 aliphatic heterocycles. The Balaban J connectivity index is 1.61. The fourth-order valence-electron chi connectivity index (χ4n) is 3.22. The van der Waals surface area contributed by atoms with Crippen molar-refractivity contribution in [3.63, 3.8) is 0 Å². The molecule has 128 valence electrons. The van der Waals surface area contributed by atoms with Crippen molar-refractivity contribution in [3.05, 3.63) is 65.2 Å². The molecular weight excluding hydrogens is 316 g/mol. The van der Waals surface area contributed by atoms with Crippen LogP contribution < -0.4 is 0 Å². The Hall–Kier alpha value is -2.96. The third-order valence-electron chi connectivity index (χ3n) is 4.59. The summed E-state index contributed by atoms with van der Waals surface area (Å²) in [5, 5.41) is 12.8. The number of carbonyl (C=O) groups is 1. The molecule has 7 heteroatoms. The van der Waals surface area contributed by atoms with Crippen molar-refractivity contribution >= 4 is 5.91 Å². The van der Waals surface area contributed by atoms with Crippen molar-refractivity contribution in [2.24, 2.45) is 0 Å². The third kappa shape index (κ3) is 3.05. The lowest BCUT2D eigenvalue weighted by Gasteiger charge is -2.21. The van der Waals surface area contributed by atoms with Crippen molar-refractivity contribution < 1.29 is 4.79 Å². The van der Waals surface area contributed by atoms with Gasteiger partial charge in [-0.15, -0.1) is 5.10 Å². The maximum Gasteiger partial charge on any atom is 0.254 e. The maximum absolute atomic E-state index is 13.0. The van der Waals surface area contributed by atoms with E-state index in [2.05, 4.69) is 15.4 Å². The predicted molar refractivity (Wildman–Crippen MR) is 91.9 cm³/mol. The lowest BCUT2D eigenvalue weighted by atomic mass is 10.1. The van der Waals surface area contributed by atoms with Gasteiger partial charge in [0, 0.05) is 31.0 Å². The Kier molecular flexibility index (Phi) is 4.05. The third-order valence-corrected chi connectivity index (χ3v) is 4.59. The Morgan fingerprint density at radius 1 is 1.20 bits per heavy atom. The second kappa shape index (κ2) is 6.51. The fraction of sp³-hybridized carbons (Fsp3) is 0.333. The quantitative estimate of drug-likeness (QED) is 0.732. The van der Waals surface area contributed by atoms with Crippen LogP contribution in [0.25, 0.3) is 0 Å². The van der Waals surface area contributed by atoms with Gasteiger partial charge in [0.15, 0.2) is 0 Å². The van der Waals surface area contributed by atoms with Gasteiger partial charge >= 0.3 is 0 Å². The average Bonchev–Trinajstić information content (AvgIpc) is 3.20. The van der Waals surface area contributed by atoms with E-state index in [0.717, 1.165) is 42.0 Å². The number of hydrogen-bond acceptors (Lipinski definition) is 4. The highest BCUT2D eigenvalue weighted by atomic mass is 16.2. The van der Waals surface area contributed by atoms with Crippen LogP contribution >= 0.6 is 0 Å². The standard InChI is InChI=1S/C18H20N6O/c1-14-6-2-3-7-15(14)18(25)22-9-5-11-24-17(13-22)16(20-21-24)12-23-10-4-8-19-23/h2-4,6-8,10H,5,9,11-13H2,1H3. The maximum atomic E-state index is 13.0. The topological polar surface area (TPSA) is 68.8 Å². The van der Waals surface area contributed by atoms with Crippen molar-refractivity contribution in [1.29, 1.82) is 0 Å². The number of rotatable bonds is 3. The second-order valence-corrected chi connectivity index (χ2v) is 6.30. The van der Waals surface area contributed by atoms with Gasteiger partial charge in [0.2, 0.25) is 0 Å². The van der Waals surface area contributed by atoms with E-state index >= 15 is 0 Å². The zero-order chi connectivity index (χ0) is 17.2. The van der Waals surface area contributed by atoms with Crippen molar-refractivity contribution in [2.75, 3.05) is 6.54 Å². The predicted octanol–water partition coefficient (Wildman–Crippen LogP) is 1.88. The van der Waals surface area contributed by atoms with Gasteiger partial charge in [-0.25, -0.2) is 4.68 Å². The van der Waals surface area contributed by atoms with Crippen LogP contribution in [0.2, 0.25) is 0 Å². The van der Waals surface area contributed by atoms with Crippen LogP contribution in [-0.2, 0) is 19.6 Å². The molecule has 0 fully saturated rings. The van der Waals surface area contributed by atoms with Gasteiger partial charge in [0.05, 0.1) is 18.8 Å². The van der Waals surface area contributed by atoms with Crippen LogP contribution in [0.3, 0.4) is 0 Å². The molecule has 0 saturated heterocycles. The van der Waals surface area contributed by atoms with Crippen molar-refractivity contribution in [2.45, 2.75) is 33.0 Å². The molecule has 0 spiro atoms. The molecular formula is C18H20N6O. The SMILES string of the molecule is Cc1ccccc1C(=O)N1CCCn2nnc(Cn3cccn3)c2C1. The summed E-state index contributed by atoms with van der Waals surface area (Å²) in [6.45, 7) is 4.56. The summed E-state index contributed by atoms with van der Waals surface area (Å²) in [7, 11) is 0. The molecule has 0 bridgehead atoms. The normalized spacial score (nSPS) is 14.2. The van der Waals surface area contributed by atoms with Gasteiger partial charge in [-0.05, 0) is 31.0 Å². The molecule has 1 aromatic carbocycles. The number of fused-ring (bicyclic) bond motifs is 1. The smallest absolute Gasteiger partial charge is 0.254 e. The molecule has 0 saturated carbocycles. The summed E-state index contributed by atoms with van der Waals surface area (Å²) in [6.07, 6.45) is 4.52. The minimum atomic E-state index is 0.0674. The van der Waals surface area contributed by atoms with E-state index in [1.54, 1.807) is 6.20 Å². The van der Waals surface area contributed by atoms with Gasteiger partial charge in [0.25, 0.3) is 5.91 Å². The van der Waals surface area contributed by atoms with E-state index < -0.39 is 0 Å². The molecule has 0 unspecified atom stereocenters. The van der Waals surface area contributed by atoms with E-state index in [1.807, 2.05) is 57.7 Å². The molecule has 2 aromatic heterocycles.